The molecule has 0 bridgehead atoms. The summed E-state index contributed by atoms with van der Waals surface area (Å²) in [7, 11) is -3.73. The van der Waals surface area contributed by atoms with Crippen LogP contribution in [-0.4, -0.2) is 67.3 Å². The van der Waals surface area contributed by atoms with Gasteiger partial charge in [0.05, 0.1) is 19.3 Å². The van der Waals surface area contributed by atoms with E-state index in [2.05, 4.69) is 0 Å². The zero-order valence-corrected chi connectivity index (χ0v) is 16.0. The molecule has 0 aromatic carbocycles. The summed E-state index contributed by atoms with van der Waals surface area (Å²) in [5, 5.41) is 1.99. The number of hydrogen-bond donors (Lipinski definition) is 0. The molecule has 1 aliphatic rings. The summed E-state index contributed by atoms with van der Waals surface area (Å²) in [5.74, 6) is 0. The molecule has 0 aromatic rings. The number of carbonyl (C=O) groups excluding carboxylic acids is 2. The van der Waals surface area contributed by atoms with E-state index in [0.717, 1.165) is 16.3 Å². The van der Waals surface area contributed by atoms with E-state index >= 15 is 0 Å². The summed E-state index contributed by atoms with van der Waals surface area (Å²) in [6.07, 6.45) is -1.55. The van der Waals surface area contributed by atoms with E-state index in [1.807, 2.05) is 0 Å². The lowest BCUT2D eigenvalue weighted by Crippen LogP contribution is -2.48. The minimum atomic E-state index is -3.73. The molecule has 0 aliphatic carbocycles. The second-order valence-corrected chi connectivity index (χ2v) is 9.15. The maximum Gasteiger partial charge on any atom is 0.429 e. The SMILES string of the molecule is CC(C)(C)OC(=O)N1CC(OS(C)(=O)=O)CN1C(=O)OC(C)(C)C. The Balaban J connectivity index is 2.97. The molecular weight excluding hydrogens is 340 g/mol. The van der Waals surface area contributed by atoms with E-state index in [-0.39, 0.29) is 13.1 Å². The van der Waals surface area contributed by atoms with Crippen LogP contribution in [0, 0.1) is 0 Å². The van der Waals surface area contributed by atoms with Crippen LogP contribution in [0.15, 0.2) is 0 Å². The maximum atomic E-state index is 12.3. The van der Waals surface area contributed by atoms with Crippen LogP contribution in [0.25, 0.3) is 0 Å². The molecule has 1 aliphatic heterocycles. The number of hydrazine groups is 1. The minimum Gasteiger partial charge on any atom is -0.442 e. The normalized spacial score (nSPS) is 17.1. The summed E-state index contributed by atoms with van der Waals surface area (Å²) in [5.41, 5.74) is -1.54. The van der Waals surface area contributed by atoms with Crippen molar-refractivity contribution in [2.24, 2.45) is 0 Å². The molecule has 0 aromatic heterocycles. The van der Waals surface area contributed by atoms with Crippen molar-refractivity contribution in [3.8, 4) is 0 Å². The third-order valence-electron chi connectivity index (χ3n) is 2.56. The molecule has 24 heavy (non-hydrogen) atoms. The number of amides is 2. The Labute approximate surface area is 142 Å². The van der Waals surface area contributed by atoms with Crippen molar-refractivity contribution in [3.05, 3.63) is 0 Å². The van der Waals surface area contributed by atoms with Gasteiger partial charge in [-0.2, -0.15) is 8.42 Å². The Morgan fingerprint density at radius 1 is 0.875 bits per heavy atom. The van der Waals surface area contributed by atoms with E-state index in [4.69, 9.17) is 13.7 Å². The fourth-order valence-electron chi connectivity index (χ4n) is 1.92. The van der Waals surface area contributed by atoms with Gasteiger partial charge in [0.15, 0.2) is 0 Å². The zero-order chi connectivity index (χ0) is 18.9. The van der Waals surface area contributed by atoms with Crippen molar-refractivity contribution >= 4 is 22.3 Å². The first-order chi connectivity index (χ1) is 10.6. The van der Waals surface area contributed by atoms with Gasteiger partial charge < -0.3 is 9.47 Å². The van der Waals surface area contributed by atoms with Gasteiger partial charge in [0.2, 0.25) is 0 Å². The highest BCUT2D eigenvalue weighted by Crippen LogP contribution is 2.22. The molecule has 1 heterocycles. The molecule has 1 rings (SSSR count). The smallest absolute Gasteiger partial charge is 0.429 e. The van der Waals surface area contributed by atoms with Gasteiger partial charge in [-0.1, -0.05) is 0 Å². The fraction of sp³-hybridized carbons (Fsp3) is 0.857. The maximum absolute atomic E-state index is 12.3. The van der Waals surface area contributed by atoms with Crippen LogP contribution in [0.2, 0.25) is 0 Å². The standard InChI is InChI=1S/C14H26N2O7S/c1-13(2,3)21-11(17)15-8-10(23-24(7,19)20)9-16(15)12(18)22-14(4,5)6/h10H,8-9H2,1-7H3. The van der Waals surface area contributed by atoms with E-state index in [0.29, 0.717) is 0 Å². The van der Waals surface area contributed by atoms with Gasteiger partial charge in [-0.3, -0.25) is 4.18 Å². The third kappa shape index (κ3) is 6.91. The van der Waals surface area contributed by atoms with Gasteiger partial charge in [0.1, 0.15) is 17.3 Å². The van der Waals surface area contributed by atoms with E-state index < -0.39 is 39.6 Å². The molecule has 0 atom stereocenters. The van der Waals surface area contributed by atoms with Crippen molar-refractivity contribution in [1.82, 2.24) is 10.0 Å². The molecule has 0 N–H and O–H groups in total. The van der Waals surface area contributed by atoms with Gasteiger partial charge in [-0.15, -0.1) is 0 Å². The molecule has 1 saturated heterocycles. The summed E-state index contributed by atoms with van der Waals surface area (Å²) in [4.78, 5) is 24.6. The number of hydrogen-bond acceptors (Lipinski definition) is 7. The Morgan fingerprint density at radius 3 is 1.46 bits per heavy atom. The van der Waals surface area contributed by atoms with Crippen molar-refractivity contribution in [3.63, 3.8) is 0 Å². The molecule has 2 amide bonds. The van der Waals surface area contributed by atoms with Crippen LogP contribution in [0.1, 0.15) is 41.5 Å². The van der Waals surface area contributed by atoms with Crippen molar-refractivity contribution < 1.29 is 31.7 Å². The van der Waals surface area contributed by atoms with Gasteiger partial charge in [-0.05, 0) is 41.5 Å². The highest BCUT2D eigenvalue weighted by molar-refractivity contribution is 7.86. The van der Waals surface area contributed by atoms with Crippen LogP contribution in [0.3, 0.4) is 0 Å². The van der Waals surface area contributed by atoms with Crippen molar-refractivity contribution in [1.29, 1.82) is 0 Å². The molecule has 140 valence electrons. The minimum absolute atomic E-state index is 0.138. The quantitative estimate of drug-likeness (QED) is 0.686. The predicted molar refractivity (Wildman–Crippen MR) is 85.6 cm³/mol. The van der Waals surface area contributed by atoms with Crippen molar-refractivity contribution in [2.45, 2.75) is 58.8 Å². The van der Waals surface area contributed by atoms with Gasteiger partial charge in [-0.25, -0.2) is 19.6 Å². The Kier molecular flexibility index (Phi) is 5.77. The average Bonchev–Trinajstić information content (AvgIpc) is 2.65. The third-order valence-corrected chi connectivity index (χ3v) is 3.19. The van der Waals surface area contributed by atoms with Gasteiger partial charge in [0.25, 0.3) is 10.1 Å². The summed E-state index contributed by atoms with van der Waals surface area (Å²) in [6, 6.07) is 0. The summed E-state index contributed by atoms with van der Waals surface area (Å²) < 4.78 is 38.0. The molecule has 0 unspecified atom stereocenters. The Bertz CT molecular complexity index is 553. The highest BCUT2D eigenvalue weighted by Gasteiger charge is 2.42. The number of carbonyl (C=O) groups is 2. The molecular formula is C14H26N2O7S. The molecule has 9 nitrogen and oxygen atoms in total. The molecule has 1 fully saturated rings. The average molecular weight is 366 g/mol. The van der Waals surface area contributed by atoms with Crippen molar-refractivity contribution in [2.75, 3.05) is 19.3 Å². The first-order valence-corrected chi connectivity index (χ1v) is 9.28. The number of rotatable bonds is 2. The van der Waals surface area contributed by atoms with Crippen LogP contribution < -0.4 is 0 Å². The molecule has 0 radical (unpaired) electrons. The van der Waals surface area contributed by atoms with Gasteiger partial charge >= 0.3 is 12.2 Å². The second-order valence-electron chi connectivity index (χ2n) is 7.55. The van der Waals surface area contributed by atoms with Crippen LogP contribution in [0.4, 0.5) is 9.59 Å². The Hall–Kier alpha value is -1.55. The van der Waals surface area contributed by atoms with Crippen LogP contribution in [0.5, 0.6) is 0 Å². The molecule has 10 heteroatoms. The Morgan fingerprint density at radius 2 is 1.21 bits per heavy atom. The topological polar surface area (TPSA) is 102 Å². The lowest BCUT2D eigenvalue weighted by Gasteiger charge is -2.31. The largest absolute Gasteiger partial charge is 0.442 e. The number of nitrogens with zero attached hydrogens (tertiary/aromatic N) is 2. The first-order valence-electron chi connectivity index (χ1n) is 7.46. The predicted octanol–water partition coefficient (Wildman–Crippen LogP) is 1.73. The van der Waals surface area contributed by atoms with Crippen LogP contribution >= 0.6 is 0 Å². The summed E-state index contributed by atoms with van der Waals surface area (Å²) in [6.45, 7) is 9.83. The van der Waals surface area contributed by atoms with E-state index in [1.54, 1.807) is 41.5 Å². The zero-order valence-electron chi connectivity index (χ0n) is 15.2. The summed E-state index contributed by atoms with van der Waals surface area (Å²) >= 11 is 0. The fourth-order valence-corrected chi connectivity index (χ4v) is 2.54. The second kappa shape index (κ2) is 6.75. The lowest BCUT2D eigenvalue weighted by molar-refractivity contribution is -0.0428. The van der Waals surface area contributed by atoms with E-state index in [1.165, 1.54) is 0 Å². The molecule has 0 saturated carbocycles. The van der Waals surface area contributed by atoms with Gasteiger partial charge in [0, 0.05) is 0 Å². The highest BCUT2D eigenvalue weighted by atomic mass is 32.2. The number of ether oxygens (including phenoxy) is 2. The van der Waals surface area contributed by atoms with Crippen LogP contribution in [-0.2, 0) is 23.8 Å². The first kappa shape index (κ1) is 20.5. The monoisotopic (exact) mass is 366 g/mol. The van der Waals surface area contributed by atoms with E-state index in [9.17, 15) is 18.0 Å². The molecule has 0 spiro atoms. The lowest BCUT2D eigenvalue weighted by atomic mass is 10.2.